The third-order valence-electron chi connectivity index (χ3n) is 5.19. The van der Waals surface area contributed by atoms with Crippen LogP contribution in [0.25, 0.3) is 0 Å². The molecule has 0 radical (unpaired) electrons. The lowest BCUT2D eigenvalue weighted by Gasteiger charge is -2.15. The molecule has 0 saturated heterocycles. The second-order valence-corrected chi connectivity index (χ2v) is 11.7. The van der Waals surface area contributed by atoms with Crippen molar-refractivity contribution in [3.63, 3.8) is 0 Å². The average molecular weight is 554 g/mol. The molecule has 7 nitrogen and oxygen atoms in total. The van der Waals surface area contributed by atoms with Crippen LogP contribution >= 0.6 is 15.9 Å². The molecule has 0 aromatic heterocycles. The Bertz CT molecular complexity index is 1320. The predicted molar refractivity (Wildman–Crippen MR) is 134 cm³/mol. The number of rotatable bonds is 9. The van der Waals surface area contributed by atoms with Gasteiger partial charge in [0.25, 0.3) is 20.0 Å². The van der Waals surface area contributed by atoms with Crippen LogP contribution in [0.15, 0.2) is 81.0 Å². The van der Waals surface area contributed by atoms with Gasteiger partial charge in [0.15, 0.2) is 0 Å². The molecule has 176 valence electrons. The molecule has 2 N–H and O–H groups in total. The zero-order valence-corrected chi connectivity index (χ0v) is 21.6. The quantitative estimate of drug-likeness (QED) is 0.361. The SMILES string of the molecule is CC[C@@H](C)c1ccc(S(=O)(=O)Nc2cc(S(=O)(=O)Nc3ccc(Br)cc3)ccc2OC)cc1. The second kappa shape index (κ2) is 10.1. The summed E-state index contributed by atoms with van der Waals surface area (Å²) in [5.41, 5.74) is 1.43. The van der Waals surface area contributed by atoms with E-state index in [-0.39, 0.29) is 21.2 Å². The lowest BCUT2D eigenvalue weighted by atomic mass is 9.99. The van der Waals surface area contributed by atoms with E-state index in [9.17, 15) is 16.8 Å². The molecule has 3 aromatic rings. The highest BCUT2D eigenvalue weighted by atomic mass is 79.9. The molecule has 0 unspecified atom stereocenters. The minimum absolute atomic E-state index is 0.0159. The van der Waals surface area contributed by atoms with Crippen LogP contribution in [0.4, 0.5) is 11.4 Å². The summed E-state index contributed by atoms with van der Waals surface area (Å²) in [6.07, 6.45) is 0.942. The number of benzene rings is 3. The Morgan fingerprint density at radius 3 is 2.00 bits per heavy atom. The second-order valence-electron chi connectivity index (χ2n) is 7.46. The van der Waals surface area contributed by atoms with Crippen LogP contribution in [-0.2, 0) is 20.0 Å². The van der Waals surface area contributed by atoms with Gasteiger partial charge in [-0.1, -0.05) is 41.9 Å². The van der Waals surface area contributed by atoms with Gasteiger partial charge in [-0.2, -0.15) is 0 Å². The molecule has 0 bridgehead atoms. The average Bonchev–Trinajstić information content (AvgIpc) is 2.79. The molecule has 0 fully saturated rings. The molecule has 10 heteroatoms. The van der Waals surface area contributed by atoms with Crippen molar-refractivity contribution in [2.75, 3.05) is 16.6 Å². The van der Waals surface area contributed by atoms with Gasteiger partial charge in [0.2, 0.25) is 0 Å². The van der Waals surface area contributed by atoms with E-state index in [4.69, 9.17) is 4.74 Å². The molecule has 0 aliphatic rings. The molecule has 3 aromatic carbocycles. The number of halogens is 1. The monoisotopic (exact) mass is 552 g/mol. The smallest absolute Gasteiger partial charge is 0.262 e. The summed E-state index contributed by atoms with van der Waals surface area (Å²) in [5.74, 6) is 0.507. The van der Waals surface area contributed by atoms with Crippen molar-refractivity contribution in [1.82, 2.24) is 0 Å². The number of sulfonamides is 2. The first-order chi connectivity index (χ1) is 15.6. The van der Waals surface area contributed by atoms with Crippen molar-refractivity contribution < 1.29 is 21.6 Å². The Hall–Kier alpha value is -2.56. The van der Waals surface area contributed by atoms with Gasteiger partial charge in [-0.15, -0.1) is 0 Å². The largest absolute Gasteiger partial charge is 0.495 e. The van der Waals surface area contributed by atoms with Gasteiger partial charge in [0.05, 0.1) is 22.6 Å². The summed E-state index contributed by atoms with van der Waals surface area (Å²) in [6.45, 7) is 4.14. The zero-order valence-electron chi connectivity index (χ0n) is 18.4. The molecule has 0 aliphatic heterocycles. The third-order valence-corrected chi connectivity index (χ3v) is 8.48. The Balaban J connectivity index is 1.91. The third kappa shape index (κ3) is 6.07. The fourth-order valence-electron chi connectivity index (χ4n) is 3.08. The van der Waals surface area contributed by atoms with Crippen molar-refractivity contribution in [3.05, 3.63) is 76.8 Å². The van der Waals surface area contributed by atoms with Crippen LogP contribution in [0.5, 0.6) is 5.75 Å². The van der Waals surface area contributed by atoms with E-state index in [0.29, 0.717) is 11.6 Å². The van der Waals surface area contributed by atoms with E-state index >= 15 is 0 Å². The number of hydrogen-bond acceptors (Lipinski definition) is 5. The van der Waals surface area contributed by atoms with Crippen molar-refractivity contribution in [2.45, 2.75) is 36.0 Å². The van der Waals surface area contributed by atoms with Crippen LogP contribution in [0.2, 0.25) is 0 Å². The molecule has 0 spiro atoms. The highest BCUT2D eigenvalue weighted by Gasteiger charge is 2.21. The maximum Gasteiger partial charge on any atom is 0.262 e. The van der Waals surface area contributed by atoms with Gasteiger partial charge in [0.1, 0.15) is 5.75 Å². The lowest BCUT2D eigenvalue weighted by molar-refractivity contribution is 0.416. The van der Waals surface area contributed by atoms with Crippen LogP contribution in [0.3, 0.4) is 0 Å². The maximum absolute atomic E-state index is 13.0. The molecule has 0 amide bonds. The Kier molecular flexibility index (Phi) is 7.71. The molecular formula is C23H25BrN2O5S2. The van der Waals surface area contributed by atoms with Crippen LogP contribution in [-0.4, -0.2) is 23.9 Å². The molecular weight excluding hydrogens is 528 g/mol. The maximum atomic E-state index is 13.0. The lowest BCUT2D eigenvalue weighted by Crippen LogP contribution is -2.16. The van der Waals surface area contributed by atoms with Gasteiger partial charge in [-0.3, -0.25) is 9.44 Å². The van der Waals surface area contributed by atoms with E-state index in [1.165, 1.54) is 37.4 Å². The van der Waals surface area contributed by atoms with Crippen molar-refractivity contribution in [2.24, 2.45) is 0 Å². The normalized spacial score (nSPS) is 12.7. The predicted octanol–water partition coefficient (Wildman–Crippen LogP) is 5.57. The number of hydrogen-bond donors (Lipinski definition) is 2. The number of methoxy groups -OCH3 is 1. The van der Waals surface area contributed by atoms with E-state index in [1.54, 1.807) is 36.4 Å². The van der Waals surface area contributed by atoms with E-state index in [1.807, 2.05) is 0 Å². The fourth-order valence-corrected chi connectivity index (χ4v) is 5.49. The summed E-state index contributed by atoms with van der Waals surface area (Å²) in [4.78, 5) is -0.0473. The van der Waals surface area contributed by atoms with Crippen molar-refractivity contribution in [3.8, 4) is 5.75 Å². The van der Waals surface area contributed by atoms with Gasteiger partial charge in [-0.25, -0.2) is 16.8 Å². The summed E-state index contributed by atoms with van der Waals surface area (Å²) in [5, 5.41) is 0. The summed E-state index contributed by atoms with van der Waals surface area (Å²) in [7, 11) is -6.56. The van der Waals surface area contributed by atoms with Gasteiger partial charge in [-0.05, 0) is 72.5 Å². The number of anilines is 2. The zero-order chi connectivity index (χ0) is 24.2. The van der Waals surface area contributed by atoms with Crippen molar-refractivity contribution >= 4 is 47.4 Å². The highest BCUT2D eigenvalue weighted by Crippen LogP contribution is 2.31. The van der Waals surface area contributed by atoms with Crippen molar-refractivity contribution in [1.29, 1.82) is 0 Å². The van der Waals surface area contributed by atoms with E-state index in [2.05, 4.69) is 39.2 Å². The molecule has 3 rings (SSSR count). The first-order valence-corrected chi connectivity index (χ1v) is 13.9. The summed E-state index contributed by atoms with van der Waals surface area (Å²) in [6, 6.07) is 17.2. The molecule has 0 heterocycles. The molecule has 0 aliphatic carbocycles. The fraction of sp³-hybridized carbons (Fsp3) is 0.217. The first-order valence-electron chi connectivity index (χ1n) is 10.1. The molecule has 0 saturated carbocycles. The Labute approximate surface area is 203 Å². The van der Waals surface area contributed by atoms with Gasteiger partial charge in [0, 0.05) is 10.2 Å². The molecule has 1 atom stereocenters. The summed E-state index contributed by atoms with van der Waals surface area (Å²) < 4.78 is 62.6. The minimum atomic E-state index is -3.97. The standard InChI is InChI=1S/C23H25BrN2O5S2/c1-4-16(2)17-5-11-20(12-6-17)32(27,28)26-22-15-21(13-14-23(22)31-3)33(29,30)25-19-9-7-18(24)8-10-19/h5-16,25-26H,4H2,1-3H3/t16-/m1/s1. The van der Waals surface area contributed by atoms with Gasteiger partial charge >= 0.3 is 0 Å². The molecule has 33 heavy (non-hydrogen) atoms. The Morgan fingerprint density at radius 2 is 1.42 bits per heavy atom. The number of ether oxygens (including phenoxy) is 1. The Morgan fingerprint density at radius 1 is 0.848 bits per heavy atom. The van der Waals surface area contributed by atoms with Crippen LogP contribution < -0.4 is 14.2 Å². The number of nitrogens with one attached hydrogen (secondary N) is 2. The van der Waals surface area contributed by atoms with Crippen LogP contribution in [0, 0.1) is 0 Å². The van der Waals surface area contributed by atoms with E-state index in [0.717, 1.165) is 16.5 Å². The van der Waals surface area contributed by atoms with Gasteiger partial charge < -0.3 is 4.74 Å². The van der Waals surface area contributed by atoms with E-state index < -0.39 is 20.0 Å². The summed E-state index contributed by atoms with van der Waals surface area (Å²) >= 11 is 3.30. The minimum Gasteiger partial charge on any atom is -0.495 e. The topological polar surface area (TPSA) is 102 Å². The van der Waals surface area contributed by atoms with Crippen LogP contribution in [0.1, 0.15) is 31.7 Å². The highest BCUT2D eigenvalue weighted by molar-refractivity contribution is 9.10. The first kappa shape index (κ1) is 25.1.